The highest BCUT2D eigenvalue weighted by Gasteiger charge is 2.13. The Balaban J connectivity index is 1.98. The maximum atomic E-state index is 12.1. The van der Waals surface area contributed by atoms with Crippen LogP contribution >= 0.6 is 0 Å². The van der Waals surface area contributed by atoms with Gasteiger partial charge in [0.2, 0.25) is 0 Å². The van der Waals surface area contributed by atoms with Gasteiger partial charge in [-0.1, -0.05) is 42.5 Å². The number of aliphatic hydroxyl groups excluding tert-OH is 2. The number of amides is 1. The van der Waals surface area contributed by atoms with Gasteiger partial charge in [0.1, 0.15) is 0 Å². The monoisotopic (exact) mass is 285 g/mol. The zero-order valence-corrected chi connectivity index (χ0v) is 11.7. The van der Waals surface area contributed by atoms with Crippen molar-refractivity contribution in [3.8, 4) is 0 Å². The first kappa shape index (κ1) is 15.2. The van der Waals surface area contributed by atoms with E-state index >= 15 is 0 Å². The fourth-order valence-corrected chi connectivity index (χ4v) is 2.09. The molecule has 1 amide bonds. The summed E-state index contributed by atoms with van der Waals surface area (Å²) in [6.07, 6.45) is 0.581. The van der Waals surface area contributed by atoms with Crippen LogP contribution in [0, 0.1) is 0 Å². The molecule has 3 N–H and O–H groups in total. The predicted molar refractivity (Wildman–Crippen MR) is 80.9 cm³/mol. The molecule has 0 fully saturated rings. The lowest BCUT2D eigenvalue weighted by atomic mass is 10.1. The van der Waals surface area contributed by atoms with Crippen LogP contribution in [-0.4, -0.2) is 28.8 Å². The summed E-state index contributed by atoms with van der Waals surface area (Å²) in [6.45, 7) is -0.162. The lowest BCUT2D eigenvalue weighted by Gasteiger charge is -2.16. The fourth-order valence-electron chi connectivity index (χ4n) is 2.09. The normalized spacial score (nSPS) is 11.9. The summed E-state index contributed by atoms with van der Waals surface area (Å²) in [5.41, 5.74) is 2.33. The van der Waals surface area contributed by atoms with Gasteiger partial charge in [-0.3, -0.25) is 4.79 Å². The average Bonchev–Trinajstić information content (AvgIpc) is 2.55. The van der Waals surface area contributed by atoms with Crippen molar-refractivity contribution in [2.75, 3.05) is 6.61 Å². The zero-order valence-electron chi connectivity index (χ0n) is 11.7. The van der Waals surface area contributed by atoms with Crippen LogP contribution in [0.25, 0.3) is 0 Å². The van der Waals surface area contributed by atoms with Gasteiger partial charge in [0.05, 0.1) is 19.3 Å². The topological polar surface area (TPSA) is 69.6 Å². The third kappa shape index (κ3) is 4.41. The molecule has 4 heteroatoms. The predicted octanol–water partition coefficient (Wildman–Crippen LogP) is 1.51. The third-order valence-corrected chi connectivity index (χ3v) is 3.28. The molecule has 2 aromatic carbocycles. The second-order valence-corrected chi connectivity index (χ2v) is 4.90. The Morgan fingerprint density at radius 1 is 0.952 bits per heavy atom. The van der Waals surface area contributed by atoms with E-state index in [2.05, 4.69) is 5.32 Å². The molecule has 110 valence electrons. The van der Waals surface area contributed by atoms with E-state index in [1.54, 1.807) is 24.3 Å². The van der Waals surface area contributed by atoms with Crippen LogP contribution in [0.5, 0.6) is 0 Å². The highest BCUT2D eigenvalue weighted by atomic mass is 16.3. The van der Waals surface area contributed by atoms with Crippen molar-refractivity contribution in [2.24, 2.45) is 0 Å². The zero-order chi connectivity index (χ0) is 15.1. The van der Waals surface area contributed by atoms with Gasteiger partial charge in [-0.05, 0) is 29.7 Å². The number of aliphatic hydroxyl groups is 2. The fraction of sp³-hybridized carbons (Fsp3) is 0.235. The lowest BCUT2D eigenvalue weighted by molar-refractivity contribution is 0.0916. The number of carbonyl (C=O) groups excluding carboxylic acids is 1. The molecule has 0 aliphatic heterocycles. The smallest absolute Gasteiger partial charge is 0.251 e. The Bertz CT molecular complexity index is 566. The molecule has 2 aromatic rings. The quantitative estimate of drug-likeness (QED) is 0.753. The molecule has 0 aliphatic carbocycles. The molecule has 0 heterocycles. The second kappa shape index (κ2) is 7.57. The Labute approximate surface area is 124 Å². The lowest BCUT2D eigenvalue weighted by Crippen LogP contribution is -2.39. The van der Waals surface area contributed by atoms with E-state index in [4.69, 9.17) is 5.11 Å². The number of benzene rings is 2. The summed E-state index contributed by atoms with van der Waals surface area (Å²) in [4.78, 5) is 12.1. The molecule has 0 saturated carbocycles. The van der Waals surface area contributed by atoms with E-state index in [-0.39, 0.29) is 25.2 Å². The SMILES string of the molecule is O=C(N[C@H](CO)Cc1ccccc1)c1ccc(CO)cc1. The first-order chi connectivity index (χ1) is 10.2. The minimum atomic E-state index is -0.322. The highest BCUT2D eigenvalue weighted by molar-refractivity contribution is 5.94. The van der Waals surface area contributed by atoms with Crippen LogP contribution in [0.1, 0.15) is 21.5 Å². The van der Waals surface area contributed by atoms with Gasteiger partial charge >= 0.3 is 0 Å². The van der Waals surface area contributed by atoms with Gasteiger partial charge in [-0.2, -0.15) is 0 Å². The summed E-state index contributed by atoms with van der Waals surface area (Å²) >= 11 is 0. The van der Waals surface area contributed by atoms with E-state index < -0.39 is 0 Å². The van der Waals surface area contributed by atoms with Crippen LogP contribution in [0.2, 0.25) is 0 Å². The first-order valence-electron chi connectivity index (χ1n) is 6.88. The molecule has 0 radical (unpaired) electrons. The number of carbonyl (C=O) groups is 1. The molecule has 21 heavy (non-hydrogen) atoms. The summed E-state index contributed by atoms with van der Waals surface area (Å²) in [5, 5.41) is 21.2. The maximum Gasteiger partial charge on any atom is 0.251 e. The summed E-state index contributed by atoms with van der Waals surface area (Å²) in [7, 11) is 0. The molecule has 2 rings (SSSR count). The Hall–Kier alpha value is -2.17. The summed E-state index contributed by atoms with van der Waals surface area (Å²) < 4.78 is 0. The van der Waals surface area contributed by atoms with E-state index in [0.29, 0.717) is 12.0 Å². The van der Waals surface area contributed by atoms with Crippen LogP contribution in [-0.2, 0) is 13.0 Å². The van der Waals surface area contributed by atoms with Gasteiger partial charge in [-0.15, -0.1) is 0 Å². The number of rotatable bonds is 6. The minimum Gasteiger partial charge on any atom is -0.394 e. The van der Waals surface area contributed by atoms with Gasteiger partial charge in [0.25, 0.3) is 5.91 Å². The molecule has 0 aromatic heterocycles. The van der Waals surface area contributed by atoms with Crippen LogP contribution in [0.3, 0.4) is 0 Å². The molecular weight excluding hydrogens is 266 g/mol. The molecule has 0 unspecified atom stereocenters. The van der Waals surface area contributed by atoms with Gasteiger partial charge in [0.15, 0.2) is 0 Å². The largest absolute Gasteiger partial charge is 0.394 e. The molecule has 0 saturated heterocycles. The van der Waals surface area contributed by atoms with Crippen molar-refractivity contribution < 1.29 is 15.0 Å². The number of hydrogen-bond donors (Lipinski definition) is 3. The Kier molecular flexibility index (Phi) is 5.49. The van der Waals surface area contributed by atoms with E-state index in [1.165, 1.54) is 0 Å². The minimum absolute atomic E-state index is 0.0465. The van der Waals surface area contributed by atoms with Crippen LogP contribution in [0.4, 0.5) is 0 Å². The van der Waals surface area contributed by atoms with Crippen molar-refractivity contribution in [2.45, 2.75) is 19.1 Å². The standard InChI is InChI=1S/C17H19NO3/c19-11-14-6-8-15(9-7-14)17(21)18-16(12-20)10-13-4-2-1-3-5-13/h1-9,16,19-20H,10-12H2,(H,18,21)/t16-/m0/s1. The van der Waals surface area contributed by atoms with Crippen molar-refractivity contribution in [3.05, 3.63) is 71.3 Å². The molecule has 0 bridgehead atoms. The van der Waals surface area contributed by atoms with Crippen LogP contribution in [0.15, 0.2) is 54.6 Å². The van der Waals surface area contributed by atoms with Crippen molar-refractivity contribution >= 4 is 5.91 Å². The van der Waals surface area contributed by atoms with Crippen molar-refractivity contribution in [1.29, 1.82) is 0 Å². The average molecular weight is 285 g/mol. The van der Waals surface area contributed by atoms with Gasteiger partial charge in [0, 0.05) is 5.56 Å². The molecule has 0 aliphatic rings. The summed E-state index contributed by atoms with van der Waals surface area (Å²) in [6, 6.07) is 16.1. The Morgan fingerprint density at radius 3 is 2.19 bits per heavy atom. The second-order valence-electron chi connectivity index (χ2n) is 4.90. The molecule has 0 spiro atoms. The van der Waals surface area contributed by atoms with Crippen molar-refractivity contribution in [3.63, 3.8) is 0 Å². The summed E-state index contributed by atoms with van der Waals surface area (Å²) in [5.74, 6) is -0.227. The number of nitrogens with one attached hydrogen (secondary N) is 1. The molecular formula is C17H19NO3. The number of hydrogen-bond acceptors (Lipinski definition) is 3. The van der Waals surface area contributed by atoms with E-state index in [1.807, 2.05) is 30.3 Å². The Morgan fingerprint density at radius 2 is 1.62 bits per heavy atom. The van der Waals surface area contributed by atoms with Gasteiger partial charge < -0.3 is 15.5 Å². The maximum absolute atomic E-state index is 12.1. The third-order valence-electron chi connectivity index (χ3n) is 3.28. The van der Waals surface area contributed by atoms with Crippen molar-refractivity contribution in [1.82, 2.24) is 5.32 Å². The van der Waals surface area contributed by atoms with E-state index in [9.17, 15) is 9.90 Å². The van der Waals surface area contributed by atoms with Crippen LogP contribution < -0.4 is 5.32 Å². The van der Waals surface area contributed by atoms with E-state index in [0.717, 1.165) is 11.1 Å². The highest BCUT2D eigenvalue weighted by Crippen LogP contribution is 2.07. The first-order valence-corrected chi connectivity index (χ1v) is 6.88. The molecule has 1 atom stereocenters. The van der Waals surface area contributed by atoms with Gasteiger partial charge in [-0.25, -0.2) is 0 Å². The molecule has 4 nitrogen and oxygen atoms in total.